The van der Waals surface area contributed by atoms with Gasteiger partial charge in [-0.25, -0.2) is 9.78 Å². The first-order chi connectivity index (χ1) is 6.79. The van der Waals surface area contributed by atoms with Gasteiger partial charge in [0.1, 0.15) is 11.0 Å². The number of hydrogen-bond acceptors (Lipinski definition) is 5. The molecule has 0 amide bonds. The molecule has 76 valence electrons. The van der Waals surface area contributed by atoms with E-state index < -0.39 is 0 Å². The normalized spacial score (nSPS) is 22.1. The summed E-state index contributed by atoms with van der Waals surface area (Å²) < 4.78 is 0. The fourth-order valence-corrected chi connectivity index (χ4v) is 2.30. The van der Waals surface area contributed by atoms with Gasteiger partial charge in [0.2, 0.25) is 0 Å². The van der Waals surface area contributed by atoms with E-state index in [9.17, 15) is 10.1 Å². The molecule has 0 aliphatic carbocycles. The Morgan fingerprint density at radius 2 is 2.50 bits per heavy atom. The fourth-order valence-electron chi connectivity index (χ4n) is 1.39. The average molecular weight is 215 g/mol. The lowest BCUT2D eigenvalue weighted by molar-refractivity contribution is -0.389. The van der Waals surface area contributed by atoms with Crippen LogP contribution in [0.4, 0.5) is 5.69 Å². The number of rotatable bonds is 2. The lowest BCUT2D eigenvalue weighted by Crippen LogP contribution is -2.12. The summed E-state index contributed by atoms with van der Waals surface area (Å²) in [7, 11) is 0. The molecule has 0 N–H and O–H groups in total. The fraction of sp³-hybridized carbons (Fsp3) is 0.500. The van der Waals surface area contributed by atoms with E-state index in [1.807, 2.05) is 0 Å². The second-order valence-electron chi connectivity index (χ2n) is 2.98. The van der Waals surface area contributed by atoms with Crippen molar-refractivity contribution in [1.29, 1.82) is 0 Å². The van der Waals surface area contributed by atoms with Crippen LogP contribution in [0.2, 0.25) is 0 Å². The Kier molecular flexibility index (Phi) is 2.76. The third kappa shape index (κ3) is 1.77. The van der Waals surface area contributed by atoms with Crippen LogP contribution in [-0.2, 0) is 9.78 Å². The Hall–Kier alpha value is -0.980. The van der Waals surface area contributed by atoms with Gasteiger partial charge >= 0.3 is 0 Å². The molecule has 6 heteroatoms. The lowest BCUT2D eigenvalue weighted by atomic mass is 10.1. The highest BCUT2D eigenvalue weighted by molar-refractivity contribution is 7.10. The Bertz CT molecular complexity index is 332. The van der Waals surface area contributed by atoms with Crippen LogP contribution < -0.4 is 0 Å². The van der Waals surface area contributed by atoms with Crippen molar-refractivity contribution in [3.63, 3.8) is 0 Å². The topological polar surface area (TPSA) is 61.6 Å². The summed E-state index contributed by atoms with van der Waals surface area (Å²) in [6.45, 7) is 0.565. The predicted molar refractivity (Wildman–Crippen MR) is 50.0 cm³/mol. The van der Waals surface area contributed by atoms with Crippen molar-refractivity contribution in [3.05, 3.63) is 26.4 Å². The summed E-state index contributed by atoms with van der Waals surface area (Å²) in [5.41, 5.74) is 0.130. The average Bonchev–Trinajstić information content (AvgIpc) is 2.67. The summed E-state index contributed by atoms with van der Waals surface area (Å²) in [6.07, 6.45) is 1.38. The first kappa shape index (κ1) is 9.57. The second-order valence-corrected chi connectivity index (χ2v) is 3.92. The molecule has 1 saturated heterocycles. The van der Waals surface area contributed by atoms with Crippen molar-refractivity contribution in [1.82, 2.24) is 0 Å². The van der Waals surface area contributed by atoms with Crippen molar-refractivity contribution in [2.75, 3.05) is 6.61 Å². The van der Waals surface area contributed by atoms with Gasteiger partial charge in [-0.15, -0.1) is 11.3 Å². The minimum atomic E-state index is -0.385. The van der Waals surface area contributed by atoms with Crippen LogP contribution >= 0.6 is 11.3 Å². The van der Waals surface area contributed by atoms with Gasteiger partial charge in [0.15, 0.2) is 0 Å². The van der Waals surface area contributed by atoms with E-state index in [2.05, 4.69) is 0 Å². The quantitative estimate of drug-likeness (QED) is 0.432. The van der Waals surface area contributed by atoms with Crippen molar-refractivity contribution >= 4 is 17.0 Å². The maximum atomic E-state index is 10.6. The van der Waals surface area contributed by atoms with E-state index in [-0.39, 0.29) is 16.7 Å². The molecule has 0 saturated carbocycles. The largest absolute Gasteiger partial charge is 0.285 e. The zero-order chi connectivity index (χ0) is 9.97. The van der Waals surface area contributed by atoms with Crippen molar-refractivity contribution in [3.8, 4) is 0 Å². The molecule has 1 aromatic rings. The Morgan fingerprint density at radius 1 is 1.64 bits per heavy atom. The lowest BCUT2D eigenvalue weighted by Gasteiger charge is -2.19. The van der Waals surface area contributed by atoms with Gasteiger partial charge in [0.05, 0.1) is 11.5 Å². The maximum absolute atomic E-state index is 10.6. The molecule has 2 heterocycles. The molecule has 5 nitrogen and oxygen atoms in total. The van der Waals surface area contributed by atoms with E-state index >= 15 is 0 Å². The third-order valence-corrected chi connectivity index (χ3v) is 3.04. The molecule has 1 aliphatic rings. The molecule has 0 bridgehead atoms. The molecule has 1 aliphatic heterocycles. The van der Waals surface area contributed by atoms with Crippen LogP contribution in [0.1, 0.15) is 23.8 Å². The molecule has 0 spiro atoms. The first-order valence-corrected chi connectivity index (χ1v) is 5.17. The molecule has 0 aromatic carbocycles. The van der Waals surface area contributed by atoms with Crippen LogP contribution in [0.3, 0.4) is 0 Å². The van der Waals surface area contributed by atoms with Gasteiger partial charge < -0.3 is 0 Å². The summed E-state index contributed by atoms with van der Waals surface area (Å²) in [4.78, 5) is 20.7. The van der Waals surface area contributed by atoms with Crippen molar-refractivity contribution in [2.45, 2.75) is 18.9 Å². The van der Waals surface area contributed by atoms with E-state index in [0.29, 0.717) is 11.5 Å². The molecular formula is C8H9NO4S. The molecule has 14 heavy (non-hydrogen) atoms. The molecule has 1 unspecified atom stereocenters. The summed E-state index contributed by atoms with van der Waals surface area (Å²) in [5.74, 6) is 0. The monoisotopic (exact) mass is 215 g/mol. The Morgan fingerprint density at radius 3 is 3.14 bits per heavy atom. The molecule has 1 atom stereocenters. The standard InChI is InChI=1S/C8H9NO4S/c10-9(11)6-3-5-14-8(6)7-2-1-4-12-13-7/h3,5,7H,1-2,4H2. The molecular weight excluding hydrogens is 206 g/mol. The van der Waals surface area contributed by atoms with E-state index in [1.54, 1.807) is 5.38 Å². The summed E-state index contributed by atoms with van der Waals surface area (Å²) >= 11 is 1.34. The van der Waals surface area contributed by atoms with Crippen LogP contribution in [0.15, 0.2) is 11.4 Å². The third-order valence-electron chi connectivity index (χ3n) is 2.04. The maximum Gasteiger partial charge on any atom is 0.285 e. The number of nitro groups is 1. The number of thiophene rings is 1. The van der Waals surface area contributed by atoms with Gasteiger partial charge in [-0.1, -0.05) is 0 Å². The van der Waals surface area contributed by atoms with Crippen molar-refractivity contribution < 1.29 is 14.7 Å². The van der Waals surface area contributed by atoms with Crippen LogP contribution in [-0.4, -0.2) is 11.5 Å². The Balaban J connectivity index is 2.21. The van der Waals surface area contributed by atoms with Gasteiger partial charge in [-0.05, 0) is 18.2 Å². The van der Waals surface area contributed by atoms with Crippen LogP contribution in [0.25, 0.3) is 0 Å². The smallest absolute Gasteiger partial charge is 0.258 e. The zero-order valence-corrected chi connectivity index (χ0v) is 8.16. The molecule has 1 aromatic heterocycles. The Labute approximate surface area is 84.3 Å². The van der Waals surface area contributed by atoms with E-state index in [1.165, 1.54) is 17.4 Å². The number of nitrogens with zero attached hydrogens (tertiary/aromatic N) is 1. The minimum absolute atomic E-state index is 0.130. The summed E-state index contributed by atoms with van der Waals surface area (Å²) in [5, 5.41) is 12.3. The van der Waals surface area contributed by atoms with E-state index in [0.717, 1.165) is 12.8 Å². The highest BCUT2D eigenvalue weighted by Crippen LogP contribution is 2.36. The molecule has 1 fully saturated rings. The van der Waals surface area contributed by atoms with Crippen LogP contribution in [0.5, 0.6) is 0 Å². The predicted octanol–water partition coefficient (Wildman–Crippen LogP) is 2.44. The SMILES string of the molecule is O=[N+]([O-])c1ccsc1C1CCCOO1. The highest BCUT2D eigenvalue weighted by Gasteiger charge is 2.27. The van der Waals surface area contributed by atoms with Gasteiger partial charge in [0.25, 0.3) is 5.69 Å². The second kappa shape index (κ2) is 4.04. The zero-order valence-electron chi connectivity index (χ0n) is 7.34. The first-order valence-electron chi connectivity index (χ1n) is 4.29. The van der Waals surface area contributed by atoms with Gasteiger partial charge in [0, 0.05) is 6.07 Å². The van der Waals surface area contributed by atoms with Crippen LogP contribution in [0, 0.1) is 10.1 Å². The van der Waals surface area contributed by atoms with Crippen molar-refractivity contribution in [2.24, 2.45) is 0 Å². The van der Waals surface area contributed by atoms with Gasteiger partial charge in [-0.2, -0.15) is 0 Å². The minimum Gasteiger partial charge on any atom is -0.258 e. The highest BCUT2D eigenvalue weighted by atomic mass is 32.1. The molecule has 0 radical (unpaired) electrons. The number of hydrogen-bond donors (Lipinski definition) is 0. The summed E-state index contributed by atoms with van der Waals surface area (Å²) in [6, 6.07) is 1.50. The molecule has 2 rings (SSSR count). The van der Waals surface area contributed by atoms with E-state index in [4.69, 9.17) is 9.78 Å². The van der Waals surface area contributed by atoms with Gasteiger partial charge in [-0.3, -0.25) is 10.1 Å².